The standard InChI is InChI=1S/C27H38F4O/c1-17-3-5-19(6-4-17)20-7-9-21(10-8-20)22-11-13-23(14-12-22)27(30,31)32-24-15-25(28)18(2)26(29)16-24/h15-17,19-23H,3-14H2,1-2H3. The number of alkyl halides is 2. The molecule has 32 heavy (non-hydrogen) atoms. The lowest BCUT2D eigenvalue weighted by Gasteiger charge is -2.41. The Kier molecular flexibility index (Phi) is 7.41. The van der Waals surface area contributed by atoms with Gasteiger partial charge in [-0.3, -0.25) is 0 Å². The van der Waals surface area contributed by atoms with E-state index in [4.69, 9.17) is 4.74 Å². The van der Waals surface area contributed by atoms with Crippen LogP contribution in [0.1, 0.15) is 89.5 Å². The molecule has 5 heteroatoms. The van der Waals surface area contributed by atoms with Crippen LogP contribution in [-0.4, -0.2) is 6.11 Å². The maximum absolute atomic E-state index is 14.7. The summed E-state index contributed by atoms with van der Waals surface area (Å²) in [5.41, 5.74) is -0.186. The molecule has 1 nitrogen and oxygen atoms in total. The van der Waals surface area contributed by atoms with Crippen LogP contribution in [0.2, 0.25) is 0 Å². The fourth-order valence-corrected chi connectivity index (χ4v) is 6.69. The van der Waals surface area contributed by atoms with Gasteiger partial charge in [0, 0.05) is 17.7 Å². The summed E-state index contributed by atoms with van der Waals surface area (Å²) in [5, 5.41) is 0. The maximum Gasteiger partial charge on any atom is 0.400 e. The van der Waals surface area contributed by atoms with E-state index in [9.17, 15) is 17.6 Å². The number of halogens is 4. The lowest BCUT2D eigenvalue weighted by molar-refractivity contribution is -0.224. The average Bonchev–Trinajstić information content (AvgIpc) is 2.78. The molecule has 0 aliphatic heterocycles. The molecule has 3 aliphatic rings. The van der Waals surface area contributed by atoms with Crippen molar-refractivity contribution in [1.82, 2.24) is 0 Å². The summed E-state index contributed by atoms with van der Waals surface area (Å²) in [6.45, 7) is 3.65. The van der Waals surface area contributed by atoms with E-state index in [0.717, 1.165) is 42.7 Å². The van der Waals surface area contributed by atoms with Gasteiger partial charge in [-0.05, 0) is 101 Å². The van der Waals surface area contributed by atoms with Crippen LogP contribution in [0.15, 0.2) is 12.1 Å². The van der Waals surface area contributed by atoms with Crippen LogP contribution in [0, 0.1) is 54.1 Å². The molecule has 4 rings (SSSR count). The van der Waals surface area contributed by atoms with Crippen molar-refractivity contribution in [3.05, 3.63) is 29.3 Å². The fourth-order valence-electron chi connectivity index (χ4n) is 6.69. The predicted octanol–water partition coefficient (Wildman–Crippen LogP) is 8.68. The third-order valence-electron chi connectivity index (χ3n) is 8.97. The minimum Gasteiger partial charge on any atom is -0.432 e. The van der Waals surface area contributed by atoms with E-state index in [1.54, 1.807) is 0 Å². The number of ether oxygens (including phenoxy) is 1. The lowest BCUT2D eigenvalue weighted by Crippen LogP contribution is -2.38. The second kappa shape index (κ2) is 9.93. The Bertz CT molecular complexity index is 732. The Labute approximate surface area is 190 Å². The normalized spacial score (nSPS) is 34.3. The third kappa shape index (κ3) is 5.44. The van der Waals surface area contributed by atoms with Crippen LogP contribution in [-0.2, 0) is 0 Å². The van der Waals surface area contributed by atoms with Crippen molar-refractivity contribution in [2.24, 2.45) is 35.5 Å². The van der Waals surface area contributed by atoms with Crippen LogP contribution in [0.25, 0.3) is 0 Å². The smallest absolute Gasteiger partial charge is 0.400 e. The molecule has 3 saturated carbocycles. The van der Waals surface area contributed by atoms with Crippen molar-refractivity contribution in [3.8, 4) is 5.75 Å². The molecule has 180 valence electrons. The first kappa shape index (κ1) is 23.9. The number of hydrogen-bond acceptors (Lipinski definition) is 1. The van der Waals surface area contributed by atoms with Gasteiger partial charge in [0.2, 0.25) is 0 Å². The first-order valence-corrected chi connectivity index (χ1v) is 12.8. The van der Waals surface area contributed by atoms with E-state index in [-0.39, 0.29) is 5.56 Å². The molecule has 0 heterocycles. The number of hydrogen-bond donors (Lipinski definition) is 0. The SMILES string of the molecule is Cc1c(F)cc(OC(F)(F)C2CCC(C3CCC(C4CCC(C)CC4)CC3)CC2)cc1F. The molecule has 1 aromatic carbocycles. The molecule has 1 aromatic rings. The minimum absolute atomic E-state index is 0.186. The highest BCUT2D eigenvalue weighted by Crippen LogP contribution is 2.48. The predicted molar refractivity (Wildman–Crippen MR) is 119 cm³/mol. The summed E-state index contributed by atoms with van der Waals surface area (Å²) in [4.78, 5) is 0. The zero-order valence-corrected chi connectivity index (χ0v) is 19.5. The molecule has 0 saturated heterocycles. The van der Waals surface area contributed by atoms with Gasteiger partial charge in [0.05, 0.1) is 5.92 Å². The molecular weight excluding hydrogens is 416 g/mol. The van der Waals surface area contributed by atoms with E-state index >= 15 is 0 Å². The van der Waals surface area contributed by atoms with Gasteiger partial charge in [-0.25, -0.2) is 8.78 Å². The van der Waals surface area contributed by atoms with Crippen molar-refractivity contribution in [1.29, 1.82) is 0 Å². The van der Waals surface area contributed by atoms with E-state index < -0.39 is 29.4 Å². The van der Waals surface area contributed by atoms with Gasteiger partial charge in [-0.2, -0.15) is 8.78 Å². The zero-order chi connectivity index (χ0) is 22.9. The van der Waals surface area contributed by atoms with Crippen LogP contribution in [0.3, 0.4) is 0 Å². The van der Waals surface area contributed by atoms with Crippen molar-refractivity contribution >= 4 is 0 Å². The van der Waals surface area contributed by atoms with E-state index in [0.29, 0.717) is 24.7 Å². The van der Waals surface area contributed by atoms with Gasteiger partial charge in [-0.1, -0.05) is 19.8 Å². The molecule has 3 fully saturated rings. The number of rotatable bonds is 5. The summed E-state index contributed by atoms with van der Waals surface area (Å²) in [5.74, 6) is 0.825. The first-order chi connectivity index (χ1) is 15.2. The summed E-state index contributed by atoms with van der Waals surface area (Å²) < 4.78 is 61.7. The first-order valence-electron chi connectivity index (χ1n) is 12.8. The Balaban J connectivity index is 1.25. The maximum atomic E-state index is 14.7. The van der Waals surface area contributed by atoms with Crippen LogP contribution < -0.4 is 4.74 Å². The van der Waals surface area contributed by atoms with Gasteiger partial charge in [0.1, 0.15) is 17.4 Å². The van der Waals surface area contributed by atoms with Gasteiger partial charge in [0.25, 0.3) is 0 Å². The molecule has 0 amide bonds. The average molecular weight is 455 g/mol. The monoisotopic (exact) mass is 454 g/mol. The Morgan fingerprint density at radius 2 is 1.06 bits per heavy atom. The zero-order valence-electron chi connectivity index (χ0n) is 19.5. The van der Waals surface area contributed by atoms with Gasteiger partial charge in [-0.15, -0.1) is 0 Å². The molecule has 0 bridgehead atoms. The fraction of sp³-hybridized carbons (Fsp3) is 0.778. The van der Waals surface area contributed by atoms with Crippen molar-refractivity contribution in [2.45, 2.75) is 97.0 Å². The Morgan fingerprint density at radius 3 is 1.50 bits per heavy atom. The van der Waals surface area contributed by atoms with E-state index in [1.807, 2.05) is 0 Å². The quantitative estimate of drug-likeness (QED) is 0.404. The Hall–Kier alpha value is -1.26. The molecular formula is C27H38F4O. The van der Waals surface area contributed by atoms with E-state index in [1.165, 1.54) is 58.3 Å². The molecule has 0 atom stereocenters. The Morgan fingerprint density at radius 1 is 0.688 bits per heavy atom. The highest BCUT2D eigenvalue weighted by Gasteiger charge is 2.45. The summed E-state index contributed by atoms with van der Waals surface area (Å²) in [7, 11) is 0. The highest BCUT2D eigenvalue weighted by molar-refractivity contribution is 5.30. The van der Waals surface area contributed by atoms with Crippen LogP contribution in [0.4, 0.5) is 17.6 Å². The summed E-state index contributed by atoms with van der Waals surface area (Å²) >= 11 is 0. The van der Waals surface area contributed by atoms with Gasteiger partial charge < -0.3 is 4.74 Å². The molecule has 3 aliphatic carbocycles. The van der Waals surface area contributed by atoms with Crippen molar-refractivity contribution in [2.75, 3.05) is 0 Å². The largest absolute Gasteiger partial charge is 0.432 e. The minimum atomic E-state index is -3.41. The second-order valence-corrected chi connectivity index (χ2v) is 11.0. The second-order valence-electron chi connectivity index (χ2n) is 11.0. The van der Waals surface area contributed by atoms with Crippen molar-refractivity contribution in [3.63, 3.8) is 0 Å². The van der Waals surface area contributed by atoms with E-state index in [2.05, 4.69) is 6.92 Å². The number of benzene rings is 1. The molecule has 0 spiro atoms. The van der Waals surface area contributed by atoms with Crippen LogP contribution >= 0.6 is 0 Å². The third-order valence-corrected chi connectivity index (χ3v) is 8.97. The van der Waals surface area contributed by atoms with Gasteiger partial charge >= 0.3 is 6.11 Å². The molecule has 0 unspecified atom stereocenters. The van der Waals surface area contributed by atoms with Crippen LogP contribution in [0.5, 0.6) is 5.75 Å². The topological polar surface area (TPSA) is 9.23 Å². The van der Waals surface area contributed by atoms with Gasteiger partial charge in [0.15, 0.2) is 0 Å². The summed E-state index contributed by atoms with van der Waals surface area (Å²) in [6, 6.07) is 1.70. The molecule has 0 radical (unpaired) electrons. The molecule has 0 N–H and O–H groups in total. The lowest BCUT2D eigenvalue weighted by atomic mass is 9.65. The molecule has 0 aromatic heterocycles. The summed E-state index contributed by atoms with van der Waals surface area (Å²) in [6.07, 6.45) is 9.70. The highest BCUT2D eigenvalue weighted by atomic mass is 19.3. The van der Waals surface area contributed by atoms with Crippen molar-refractivity contribution < 1.29 is 22.3 Å².